The molecule has 1 aliphatic heterocycles. The summed E-state index contributed by atoms with van der Waals surface area (Å²) in [4.78, 5) is 27.6. The molecule has 6 nitrogen and oxygen atoms in total. The van der Waals surface area contributed by atoms with Gasteiger partial charge in [-0.05, 0) is 44.4 Å². The molecule has 2 amide bonds. The highest BCUT2D eigenvalue weighted by Crippen LogP contribution is 2.39. The predicted molar refractivity (Wildman–Crippen MR) is 68.4 cm³/mol. The number of rotatable bonds is 1. The number of thioether (sulfide) groups is 1. The van der Waals surface area contributed by atoms with Crippen molar-refractivity contribution in [3.05, 3.63) is 22.2 Å². The van der Waals surface area contributed by atoms with Crippen LogP contribution in [0.5, 0.6) is 0 Å². The number of nitrogens with zero attached hydrogens (tertiary/aromatic N) is 2. The fourth-order valence-electron chi connectivity index (χ4n) is 2.47. The van der Waals surface area contributed by atoms with Gasteiger partial charge in [0, 0.05) is 5.92 Å². The Labute approximate surface area is 114 Å². The average Bonchev–Trinajstić information content (AvgIpc) is 2.96. The van der Waals surface area contributed by atoms with Crippen LogP contribution >= 0.6 is 11.8 Å². The Morgan fingerprint density at radius 3 is 2.58 bits per heavy atom. The van der Waals surface area contributed by atoms with Crippen LogP contribution in [0.15, 0.2) is 15.0 Å². The SMILES string of the molecule is Cc1noc(C2CCC(=C3SC(=O)NC3=O)CC2)n1. The maximum atomic E-state index is 11.6. The minimum absolute atomic E-state index is 0.253. The summed E-state index contributed by atoms with van der Waals surface area (Å²) in [7, 11) is 0. The Hall–Kier alpha value is -1.63. The van der Waals surface area contributed by atoms with Gasteiger partial charge in [0.25, 0.3) is 11.1 Å². The standard InChI is InChI=1S/C12H13N3O3S/c1-6-13-11(18-15-6)8-4-2-7(3-5-8)9-10(16)14-12(17)19-9/h8H,2-5H2,1H3,(H,14,16,17). The molecule has 0 radical (unpaired) electrons. The van der Waals surface area contributed by atoms with Crippen LogP contribution < -0.4 is 5.32 Å². The molecule has 1 aromatic heterocycles. The smallest absolute Gasteiger partial charge is 0.290 e. The lowest BCUT2D eigenvalue weighted by molar-refractivity contribution is -0.115. The van der Waals surface area contributed by atoms with Gasteiger partial charge in [-0.15, -0.1) is 0 Å². The third-order valence-electron chi connectivity index (χ3n) is 3.42. The van der Waals surface area contributed by atoms with Crippen LogP contribution in [-0.4, -0.2) is 21.3 Å². The minimum atomic E-state index is -0.276. The van der Waals surface area contributed by atoms with Gasteiger partial charge in [0.05, 0.1) is 4.91 Å². The van der Waals surface area contributed by atoms with Crippen LogP contribution in [0.1, 0.15) is 43.3 Å². The summed E-state index contributed by atoms with van der Waals surface area (Å²) in [6, 6.07) is 0. The van der Waals surface area contributed by atoms with Crippen molar-refractivity contribution in [2.45, 2.75) is 38.5 Å². The summed E-state index contributed by atoms with van der Waals surface area (Å²) in [6.45, 7) is 1.80. The monoisotopic (exact) mass is 279 g/mol. The zero-order valence-corrected chi connectivity index (χ0v) is 11.2. The maximum Gasteiger partial charge on any atom is 0.290 e. The van der Waals surface area contributed by atoms with E-state index in [-0.39, 0.29) is 17.1 Å². The molecule has 2 aliphatic rings. The molecular formula is C12H13N3O3S. The summed E-state index contributed by atoms with van der Waals surface area (Å²) >= 11 is 1.01. The van der Waals surface area contributed by atoms with E-state index in [0.717, 1.165) is 43.0 Å². The molecule has 0 atom stereocenters. The quantitative estimate of drug-likeness (QED) is 0.794. The van der Waals surface area contributed by atoms with Crippen LogP contribution in [0.4, 0.5) is 4.79 Å². The van der Waals surface area contributed by atoms with E-state index in [9.17, 15) is 9.59 Å². The van der Waals surface area contributed by atoms with E-state index in [0.29, 0.717) is 16.6 Å². The van der Waals surface area contributed by atoms with E-state index < -0.39 is 0 Å². The molecule has 3 rings (SSSR count). The van der Waals surface area contributed by atoms with E-state index in [1.54, 1.807) is 6.92 Å². The number of hydrogen-bond donors (Lipinski definition) is 1. The van der Waals surface area contributed by atoms with E-state index >= 15 is 0 Å². The fraction of sp³-hybridized carbons (Fsp3) is 0.500. The lowest BCUT2D eigenvalue weighted by atomic mass is 9.85. The van der Waals surface area contributed by atoms with Crippen molar-refractivity contribution < 1.29 is 14.1 Å². The van der Waals surface area contributed by atoms with Gasteiger partial charge < -0.3 is 4.52 Å². The first-order chi connectivity index (χ1) is 9.13. The van der Waals surface area contributed by atoms with Gasteiger partial charge in [-0.25, -0.2) is 0 Å². The topological polar surface area (TPSA) is 85.1 Å². The zero-order chi connectivity index (χ0) is 13.4. The number of amides is 2. The first-order valence-corrected chi connectivity index (χ1v) is 7.00. The number of aryl methyl sites for hydroxylation is 1. The maximum absolute atomic E-state index is 11.6. The van der Waals surface area contributed by atoms with Crippen molar-refractivity contribution >= 4 is 22.9 Å². The van der Waals surface area contributed by atoms with Gasteiger partial charge in [0.2, 0.25) is 5.89 Å². The molecule has 1 aromatic rings. The highest BCUT2D eigenvalue weighted by molar-refractivity contribution is 8.18. The number of imide groups is 1. The minimum Gasteiger partial charge on any atom is -0.339 e. The number of hydrogen-bond acceptors (Lipinski definition) is 6. The van der Waals surface area contributed by atoms with Crippen LogP contribution in [0.3, 0.4) is 0 Å². The molecule has 2 fully saturated rings. The number of allylic oxidation sites excluding steroid dienone is 1. The predicted octanol–water partition coefficient (Wildman–Crippen LogP) is 2.27. The molecule has 0 aromatic carbocycles. The van der Waals surface area contributed by atoms with Crippen LogP contribution in [0.2, 0.25) is 0 Å². The van der Waals surface area contributed by atoms with Gasteiger partial charge >= 0.3 is 0 Å². The first-order valence-electron chi connectivity index (χ1n) is 6.19. The summed E-state index contributed by atoms with van der Waals surface area (Å²) in [5.74, 6) is 1.34. The molecule has 1 aliphatic carbocycles. The Kier molecular flexibility index (Phi) is 3.14. The molecule has 1 saturated heterocycles. The molecule has 7 heteroatoms. The van der Waals surface area contributed by atoms with E-state index in [4.69, 9.17) is 4.52 Å². The molecule has 0 bridgehead atoms. The Bertz CT molecular complexity index is 569. The molecule has 0 spiro atoms. The van der Waals surface area contributed by atoms with E-state index in [1.807, 2.05) is 0 Å². The lowest BCUT2D eigenvalue weighted by Gasteiger charge is -2.21. The molecule has 100 valence electrons. The summed E-state index contributed by atoms with van der Waals surface area (Å²) in [6.07, 6.45) is 3.36. The summed E-state index contributed by atoms with van der Waals surface area (Å²) < 4.78 is 5.19. The molecular weight excluding hydrogens is 266 g/mol. The van der Waals surface area contributed by atoms with Gasteiger partial charge in [-0.1, -0.05) is 10.7 Å². The van der Waals surface area contributed by atoms with Crippen LogP contribution in [0, 0.1) is 6.92 Å². The molecule has 19 heavy (non-hydrogen) atoms. The summed E-state index contributed by atoms with van der Waals surface area (Å²) in [5, 5.41) is 5.82. The average molecular weight is 279 g/mol. The van der Waals surface area contributed by atoms with Gasteiger partial charge in [0.15, 0.2) is 5.82 Å². The second-order valence-corrected chi connectivity index (χ2v) is 5.71. The van der Waals surface area contributed by atoms with E-state index in [2.05, 4.69) is 15.5 Å². The van der Waals surface area contributed by atoms with Gasteiger partial charge in [-0.2, -0.15) is 4.98 Å². The largest absolute Gasteiger partial charge is 0.339 e. The van der Waals surface area contributed by atoms with Crippen molar-refractivity contribution in [1.29, 1.82) is 0 Å². The number of carbonyl (C=O) groups is 2. The molecule has 0 unspecified atom stereocenters. The van der Waals surface area contributed by atoms with Crippen molar-refractivity contribution in [3.8, 4) is 0 Å². The van der Waals surface area contributed by atoms with Crippen molar-refractivity contribution in [2.24, 2.45) is 0 Å². The Morgan fingerprint density at radius 1 is 1.32 bits per heavy atom. The zero-order valence-electron chi connectivity index (χ0n) is 10.4. The molecule has 1 saturated carbocycles. The van der Waals surface area contributed by atoms with Gasteiger partial charge in [0.1, 0.15) is 0 Å². The molecule has 2 heterocycles. The van der Waals surface area contributed by atoms with Crippen molar-refractivity contribution in [3.63, 3.8) is 0 Å². The number of nitrogens with one attached hydrogen (secondary N) is 1. The third-order valence-corrected chi connectivity index (χ3v) is 4.39. The van der Waals surface area contributed by atoms with E-state index in [1.165, 1.54) is 0 Å². The van der Waals surface area contributed by atoms with Crippen molar-refractivity contribution in [2.75, 3.05) is 0 Å². The second kappa shape index (κ2) is 4.80. The summed E-state index contributed by atoms with van der Waals surface area (Å²) in [5.41, 5.74) is 1.07. The molecule has 1 N–H and O–H groups in total. The highest BCUT2D eigenvalue weighted by atomic mass is 32.2. The number of aromatic nitrogens is 2. The fourth-order valence-corrected chi connectivity index (χ4v) is 3.29. The Balaban J connectivity index is 1.71. The van der Waals surface area contributed by atoms with Crippen molar-refractivity contribution in [1.82, 2.24) is 15.5 Å². The number of carbonyl (C=O) groups excluding carboxylic acids is 2. The second-order valence-electron chi connectivity index (χ2n) is 4.73. The lowest BCUT2D eigenvalue weighted by Crippen LogP contribution is -2.19. The third kappa shape index (κ3) is 2.42. The Morgan fingerprint density at radius 2 is 2.05 bits per heavy atom. The normalized spacial score (nSPS) is 23.9. The highest BCUT2D eigenvalue weighted by Gasteiger charge is 2.31. The van der Waals surface area contributed by atoms with Gasteiger partial charge in [-0.3, -0.25) is 14.9 Å². The first kappa shape index (κ1) is 12.4. The van der Waals surface area contributed by atoms with Crippen LogP contribution in [-0.2, 0) is 4.79 Å². The van der Waals surface area contributed by atoms with Crippen LogP contribution in [0.25, 0.3) is 0 Å².